The third kappa shape index (κ3) is 21.7. The molecule has 0 bridgehead atoms. The summed E-state index contributed by atoms with van der Waals surface area (Å²) in [6.07, 6.45) is 8.22. The number of rotatable bonds is 27. The van der Waals surface area contributed by atoms with Crippen molar-refractivity contribution in [2.45, 2.75) is 51.9 Å². The molecule has 1 rings (SSSR count). The topological polar surface area (TPSA) is 98.8 Å². The van der Waals surface area contributed by atoms with Gasteiger partial charge in [0.15, 0.2) is 0 Å². The molecule has 0 saturated heterocycles. The molecule has 0 N–H and O–H groups in total. The van der Waals surface area contributed by atoms with Crippen LogP contribution in [0.3, 0.4) is 0 Å². The van der Waals surface area contributed by atoms with Crippen molar-refractivity contribution in [2.75, 3.05) is 79.3 Å². The molecule has 0 radical (unpaired) electrons. The van der Waals surface area contributed by atoms with Crippen molar-refractivity contribution in [3.05, 3.63) is 29.8 Å². The highest BCUT2D eigenvalue weighted by Crippen LogP contribution is 2.10. The zero-order valence-corrected chi connectivity index (χ0v) is 22.5. The maximum atomic E-state index is 11.6. The van der Waals surface area contributed by atoms with Crippen LogP contribution in [0.25, 0.3) is 0 Å². The van der Waals surface area contributed by atoms with E-state index < -0.39 is 0 Å². The molecule has 0 heterocycles. The summed E-state index contributed by atoms with van der Waals surface area (Å²) in [7, 11) is 0. The van der Waals surface area contributed by atoms with Crippen LogP contribution in [0.2, 0.25) is 0 Å². The molecular formula is C28H46O9. The number of hydrogen-bond acceptors (Lipinski definition) is 9. The lowest BCUT2D eigenvalue weighted by Crippen LogP contribution is -2.15. The number of aldehydes is 1. The summed E-state index contributed by atoms with van der Waals surface area (Å²) < 4.78 is 37.8. The second-order valence-corrected chi connectivity index (χ2v) is 8.34. The largest absolute Gasteiger partial charge is 0.491 e. The standard InChI is InChI=1S/C28H46O9/c1-2-3-4-5-6-7-8-28(30)37-24-22-35-20-18-33-16-14-31-13-15-32-17-19-34-21-23-36-27-11-9-26(25-29)10-12-27/h9-12,25H,2-8,13-24H2,1H3. The number of hydrogen-bond donors (Lipinski definition) is 0. The first-order valence-electron chi connectivity index (χ1n) is 13.5. The molecule has 212 valence electrons. The number of unbranched alkanes of at least 4 members (excludes halogenated alkanes) is 5. The van der Waals surface area contributed by atoms with Gasteiger partial charge in [0.05, 0.1) is 66.1 Å². The quantitative estimate of drug-likeness (QED) is 0.0946. The van der Waals surface area contributed by atoms with Gasteiger partial charge in [-0.05, 0) is 30.7 Å². The van der Waals surface area contributed by atoms with E-state index in [1.54, 1.807) is 24.3 Å². The number of ether oxygens (including phenoxy) is 7. The first-order valence-corrected chi connectivity index (χ1v) is 13.5. The molecule has 0 aromatic heterocycles. The van der Waals surface area contributed by atoms with Crippen molar-refractivity contribution in [1.82, 2.24) is 0 Å². The Morgan fingerprint density at radius 3 is 1.59 bits per heavy atom. The predicted octanol–water partition coefficient (Wildman–Crippen LogP) is 4.25. The van der Waals surface area contributed by atoms with Gasteiger partial charge in [-0.1, -0.05) is 39.0 Å². The van der Waals surface area contributed by atoms with E-state index in [9.17, 15) is 9.59 Å². The first kappa shape index (κ1) is 33.0. The van der Waals surface area contributed by atoms with Gasteiger partial charge in [0, 0.05) is 12.0 Å². The summed E-state index contributed by atoms with van der Waals surface area (Å²) in [5.74, 6) is 0.560. The summed E-state index contributed by atoms with van der Waals surface area (Å²) >= 11 is 0. The molecule has 9 heteroatoms. The SMILES string of the molecule is CCCCCCCCC(=O)OCCOCCOCCOCCOCCOCCOc1ccc(C=O)cc1. The fourth-order valence-electron chi connectivity index (χ4n) is 3.18. The van der Waals surface area contributed by atoms with Crippen LogP contribution in [0.4, 0.5) is 0 Å². The molecule has 9 nitrogen and oxygen atoms in total. The fraction of sp³-hybridized carbons (Fsp3) is 0.714. The summed E-state index contributed by atoms with van der Waals surface area (Å²) in [5.41, 5.74) is 0.619. The lowest BCUT2D eigenvalue weighted by Gasteiger charge is -2.09. The minimum atomic E-state index is -0.144. The Hall–Kier alpha value is -2.04. The third-order valence-corrected chi connectivity index (χ3v) is 5.23. The predicted molar refractivity (Wildman–Crippen MR) is 140 cm³/mol. The molecule has 0 aliphatic rings. The zero-order chi connectivity index (χ0) is 26.7. The van der Waals surface area contributed by atoms with E-state index >= 15 is 0 Å². The van der Waals surface area contributed by atoms with Crippen molar-refractivity contribution < 1.29 is 42.7 Å². The van der Waals surface area contributed by atoms with Crippen LogP contribution < -0.4 is 4.74 Å². The number of carbonyl (C=O) groups excluding carboxylic acids is 2. The van der Waals surface area contributed by atoms with Gasteiger partial charge in [-0.25, -0.2) is 0 Å². The van der Waals surface area contributed by atoms with Crippen LogP contribution >= 0.6 is 0 Å². The van der Waals surface area contributed by atoms with Gasteiger partial charge in [0.1, 0.15) is 25.2 Å². The fourth-order valence-corrected chi connectivity index (χ4v) is 3.18. The number of carbonyl (C=O) groups is 2. The summed E-state index contributed by atoms with van der Waals surface area (Å²) in [6, 6.07) is 6.93. The van der Waals surface area contributed by atoms with Gasteiger partial charge in [0.25, 0.3) is 0 Å². The Morgan fingerprint density at radius 2 is 1.08 bits per heavy atom. The normalized spacial score (nSPS) is 10.9. The Kier molecular flexibility index (Phi) is 22.8. The maximum Gasteiger partial charge on any atom is 0.305 e. The average Bonchev–Trinajstić information content (AvgIpc) is 2.92. The van der Waals surface area contributed by atoms with E-state index in [4.69, 9.17) is 33.2 Å². The molecule has 0 fully saturated rings. The summed E-state index contributed by atoms with van der Waals surface area (Å²) in [6.45, 7) is 7.59. The summed E-state index contributed by atoms with van der Waals surface area (Å²) in [5, 5.41) is 0. The molecule has 0 atom stereocenters. The van der Waals surface area contributed by atoms with Gasteiger partial charge in [-0.15, -0.1) is 0 Å². The summed E-state index contributed by atoms with van der Waals surface area (Å²) in [4.78, 5) is 22.2. The van der Waals surface area contributed by atoms with E-state index in [0.29, 0.717) is 90.4 Å². The maximum absolute atomic E-state index is 11.6. The smallest absolute Gasteiger partial charge is 0.305 e. The van der Waals surface area contributed by atoms with Crippen LogP contribution in [-0.4, -0.2) is 91.5 Å². The molecule has 0 amide bonds. The molecular weight excluding hydrogens is 480 g/mol. The van der Waals surface area contributed by atoms with Gasteiger partial charge < -0.3 is 33.2 Å². The highest BCUT2D eigenvalue weighted by Gasteiger charge is 2.02. The Balaban J connectivity index is 1.71. The molecule has 1 aromatic rings. The van der Waals surface area contributed by atoms with E-state index in [1.165, 1.54) is 25.7 Å². The van der Waals surface area contributed by atoms with Gasteiger partial charge in [-0.2, -0.15) is 0 Å². The molecule has 0 aliphatic carbocycles. The molecule has 0 saturated carbocycles. The van der Waals surface area contributed by atoms with Crippen molar-refractivity contribution in [2.24, 2.45) is 0 Å². The van der Waals surface area contributed by atoms with E-state index in [-0.39, 0.29) is 12.6 Å². The van der Waals surface area contributed by atoms with Gasteiger partial charge in [0.2, 0.25) is 0 Å². The van der Waals surface area contributed by atoms with Crippen molar-refractivity contribution in [1.29, 1.82) is 0 Å². The molecule has 1 aromatic carbocycles. The Labute approximate surface area is 222 Å². The van der Waals surface area contributed by atoms with Gasteiger partial charge in [-0.3, -0.25) is 9.59 Å². The number of benzene rings is 1. The Bertz CT molecular complexity index is 652. The highest BCUT2D eigenvalue weighted by atomic mass is 16.6. The van der Waals surface area contributed by atoms with Crippen molar-refractivity contribution in [3.63, 3.8) is 0 Å². The van der Waals surface area contributed by atoms with Crippen molar-refractivity contribution in [3.8, 4) is 5.75 Å². The van der Waals surface area contributed by atoms with E-state index in [2.05, 4.69) is 6.92 Å². The minimum absolute atomic E-state index is 0.144. The van der Waals surface area contributed by atoms with Crippen LogP contribution in [-0.2, 0) is 33.2 Å². The van der Waals surface area contributed by atoms with Crippen LogP contribution in [0, 0.1) is 0 Å². The lowest BCUT2D eigenvalue weighted by molar-refractivity contribution is -0.145. The molecule has 0 unspecified atom stereocenters. The number of esters is 1. The Morgan fingerprint density at radius 1 is 0.622 bits per heavy atom. The minimum Gasteiger partial charge on any atom is -0.491 e. The first-order chi connectivity index (χ1) is 18.3. The van der Waals surface area contributed by atoms with Crippen molar-refractivity contribution >= 4 is 12.3 Å². The average molecular weight is 527 g/mol. The van der Waals surface area contributed by atoms with Gasteiger partial charge >= 0.3 is 5.97 Å². The molecule has 0 spiro atoms. The monoisotopic (exact) mass is 526 g/mol. The van der Waals surface area contributed by atoms with Crippen LogP contribution in [0.15, 0.2) is 24.3 Å². The molecule has 37 heavy (non-hydrogen) atoms. The zero-order valence-electron chi connectivity index (χ0n) is 22.5. The van der Waals surface area contributed by atoms with Crippen LogP contribution in [0.1, 0.15) is 62.2 Å². The van der Waals surface area contributed by atoms with E-state index in [1.807, 2.05) is 0 Å². The highest BCUT2D eigenvalue weighted by molar-refractivity contribution is 5.74. The molecule has 0 aliphatic heterocycles. The van der Waals surface area contributed by atoms with Crippen LogP contribution in [0.5, 0.6) is 5.75 Å². The van der Waals surface area contributed by atoms with E-state index in [0.717, 1.165) is 19.1 Å². The third-order valence-electron chi connectivity index (χ3n) is 5.23. The second kappa shape index (κ2) is 25.6. The second-order valence-electron chi connectivity index (χ2n) is 8.34. The lowest BCUT2D eigenvalue weighted by atomic mass is 10.1.